The number of hydrogen-bond donors (Lipinski definition) is 2. The van der Waals surface area contributed by atoms with Gasteiger partial charge in [0.15, 0.2) is 0 Å². The molecule has 0 radical (unpaired) electrons. The van der Waals surface area contributed by atoms with Crippen LogP contribution in [0.2, 0.25) is 0 Å². The molecule has 14 heavy (non-hydrogen) atoms. The minimum absolute atomic E-state index is 0.0428. The molecule has 1 aliphatic carbocycles. The number of aromatic nitrogens is 2. The van der Waals surface area contributed by atoms with Crippen LogP contribution in [-0.4, -0.2) is 21.7 Å². The van der Waals surface area contributed by atoms with E-state index in [9.17, 15) is 0 Å². The van der Waals surface area contributed by atoms with Gasteiger partial charge in [0.2, 0.25) is 5.96 Å². The molecule has 74 valence electrons. The average Bonchev–Trinajstić information content (AvgIpc) is 2.87. The highest BCUT2D eigenvalue weighted by atomic mass is 15.3. The monoisotopic (exact) mass is 192 g/mol. The van der Waals surface area contributed by atoms with Gasteiger partial charge >= 0.3 is 0 Å². The first-order valence-corrected chi connectivity index (χ1v) is 4.41. The molecule has 1 heterocycles. The third kappa shape index (κ3) is 1.90. The van der Waals surface area contributed by atoms with Crippen LogP contribution in [0, 0.1) is 0 Å². The van der Waals surface area contributed by atoms with E-state index in [0.717, 1.165) is 5.69 Å². The lowest BCUT2D eigenvalue weighted by molar-refractivity contribution is 0.735. The van der Waals surface area contributed by atoms with E-state index in [0.29, 0.717) is 6.04 Å². The van der Waals surface area contributed by atoms with Gasteiger partial charge in [0.25, 0.3) is 0 Å². The number of imidazole rings is 1. The standard InChI is InChI=1S/C8H12N6/c9-8(10)13-12-4-7-3-11-5-14(7)6-1-2-6/h3-6H,1-2H2,(H4,9,10,13). The van der Waals surface area contributed by atoms with Crippen LogP contribution in [0.1, 0.15) is 24.6 Å². The molecule has 6 nitrogen and oxygen atoms in total. The van der Waals surface area contributed by atoms with Crippen LogP contribution < -0.4 is 11.5 Å². The molecular formula is C8H12N6. The Balaban J connectivity index is 2.12. The number of hydrogen-bond acceptors (Lipinski definition) is 3. The second-order valence-corrected chi connectivity index (χ2v) is 3.23. The van der Waals surface area contributed by atoms with E-state index in [1.54, 1.807) is 18.7 Å². The highest BCUT2D eigenvalue weighted by Crippen LogP contribution is 2.35. The lowest BCUT2D eigenvalue weighted by atomic mass is 10.5. The molecule has 0 aliphatic heterocycles. The van der Waals surface area contributed by atoms with Crippen molar-refractivity contribution in [3.05, 3.63) is 18.2 Å². The van der Waals surface area contributed by atoms with Gasteiger partial charge in [-0.15, -0.1) is 5.10 Å². The van der Waals surface area contributed by atoms with Crippen LogP contribution in [0.25, 0.3) is 0 Å². The van der Waals surface area contributed by atoms with Gasteiger partial charge in [-0.3, -0.25) is 0 Å². The van der Waals surface area contributed by atoms with Crippen molar-refractivity contribution in [1.82, 2.24) is 9.55 Å². The maximum atomic E-state index is 5.13. The lowest BCUT2D eigenvalue weighted by Crippen LogP contribution is -2.21. The summed E-state index contributed by atoms with van der Waals surface area (Å²) in [7, 11) is 0. The summed E-state index contributed by atoms with van der Waals surface area (Å²) in [5.41, 5.74) is 11.2. The third-order valence-corrected chi connectivity index (χ3v) is 2.00. The van der Waals surface area contributed by atoms with Crippen molar-refractivity contribution in [3.63, 3.8) is 0 Å². The molecule has 2 rings (SSSR count). The molecule has 1 aliphatic rings. The SMILES string of the molecule is NC(N)=NN=Cc1cncn1C1CC1. The topological polar surface area (TPSA) is 94.6 Å². The molecule has 0 amide bonds. The van der Waals surface area contributed by atoms with Crippen molar-refractivity contribution < 1.29 is 0 Å². The number of guanidine groups is 1. The zero-order valence-electron chi connectivity index (χ0n) is 7.67. The highest BCUT2D eigenvalue weighted by molar-refractivity contribution is 5.79. The first-order valence-electron chi connectivity index (χ1n) is 4.41. The van der Waals surface area contributed by atoms with Crippen molar-refractivity contribution in [1.29, 1.82) is 0 Å². The Morgan fingerprint density at radius 1 is 1.57 bits per heavy atom. The van der Waals surface area contributed by atoms with Crippen LogP contribution in [0.4, 0.5) is 0 Å². The summed E-state index contributed by atoms with van der Waals surface area (Å²) in [5.74, 6) is -0.0428. The fraction of sp³-hybridized carbons (Fsp3) is 0.375. The fourth-order valence-electron chi connectivity index (χ4n) is 1.23. The van der Waals surface area contributed by atoms with E-state index in [4.69, 9.17) is 11.5 Å². The number of nitrogens with zero attached hydrogens (tertiary/aromatic N) is 4. The summed E-state index contributed by atoms with van der Waals surface area (Å²) in [6.45, 7) is 0. The van der Waals surface area contributed by atoms with Crippen LogP contribution >= 0.6 is 0 Å². The first-order chi connectivity index (χ1) is 6.77. The number of nitrogens with two attached hydrogens (primary N) is 2. The Morgan fingerprint density at radius 3 is 3.00 bits per heavy atom. The van der Waals surface area contributed by atoms with Gasteiger partial charge in [-0.2, -0.15) is 5.10 Å². The summed E-state index contributed by atoms with van der Waals surface area (Å²) >= 11 is 0. The molecule has 0 saturated heterocycles. The van der Waals surface area contributed by atoms with Crippen molar-refractivity contribution >= 4 is 12.2 Å². The van der Waals surface area contributed by atoms with Crippen molar-refractivity contribution in [2.24, 2.45) is 21.7 Å². The Kier molecular flexibility index (Phi) is 2.18. The first kappa shape index (κ1) is 8.74. The normalized spacial score (nSPS) is 16.0. The molecular weight excluding hydrogens is 180 g/mol. The average molecular weight is 192 g/mol. The fourth-order valence-corrected chi connectivity index (χ4v) is 1.23. The molecule has 1 aromatic heterocycles. The Hall–Kier alpha value is -1.85. The van der Waals surface area contributed by atoms with Crippen LogP contribution in [0.15, 0.2) is 22.7 Å². The zero-order valence-corrected chi connectivity index (χ0v) is 7.67. The summed E-state index contributed by atoms with van der Waals surface area (Å²) in [4.78, 5) is 4.04. The predicted molar refractivity (Wildman–Crippen MR) is 53.9 cm³/mol. The van der Waals surface area contributed by atoms with Gasteiger partial charge in [0, 0.05) is 6.04 Å². The molecule has 4 N–H and O–H groups in total. The van der Waals surface area contributed by atoms with Crippen molar-refractivity contribution in [3.8, 4) is 0 Å². The third-order valence-electron chi connectivity index (χ3n) is 2.00. The molecule has 0 spiro atoms. The molecule has 1 fully saturated rings. The molecule has 0 aromatic carbocycles. The van der Waals surface area contributed by atoms with Gasteiger partial charge < -0.3 is 16.0 Å². The Morgan fingerprint density at radius 2 is 2.36 bits per heavy atom. The Labute approximate surface area is 81.3 Å². The summed E-state index contributed by atoms with van der Waals surface area (Å²) in [5, 5.41) is 7.26. The van der Waals surface area contributed by atoms with Crippen LogP contribution in [0.3, 0.4) is 0 Å². The molecule has 0 bridgehead atoms. The summed E-state index contributed by atoms with van der Waals surface area (Å²) < 4.78 is 2.08. The van der Waals surface area contributed by atoms with E-state index >= 15 is 0 Å². The van der Waals surface area contributed by atoms with Gasteiger partial charge in [-0.1, -0.05) is 0 Å². The molecule has 0 atom stereocenters. The molecule has 1 aromatic rings. The van der Waals surface area contributed by atoms with Crippen molar-refractivity contribution in [2.75, 3.05) is 0 Å². The van der Waals surface area contributed by atoms with E-state index in [-0.39, 0.29) is 5.96 Å². The summed E-state index contributed by atoms with van der Waals surface area (Å²) in [6, 6.07) is 0.582. The van der Waals surface area contributed by atoms with Crippen LogP contribution in [0.5, 0.6) is 0 Å². The number of rotatable bonds is 3. The van der Waals surface area contributed by atoms with Gasteiger partial charge in [0.1, 0.15) is 0 Å². The van der Waals surface area contributed by atoms with E-state index < -0.39 is 0 Å². The molecule has 6 heteroatoms. The summed E-state index contributed by atoms with van der Waals surface area (Å²) in [6.07, 6.45) is 7.56. The van der Waals surface area contributed by atoms with Gasteiger partial charge in [-0.05, 0) is 12.8 Å². The minimum atomic E-state index is -0.0428. The zero-order chi connectivity index (χ0) is 9.97. The molecule has 1 saturated carbocycles. The highest BCUT2D eigenvalue weighted by Gasteiger charge is 2.24. The maximum Gasteiger partial charge on any atom is 0.211 e. The van der Waals surface area contributed by atoms with E-state index in [2.05, 4.69) is 19.8 Å². The Bertz CT molecular complexity index is 369. The lowest BCUT2D eigenvalue weighted by Gasteiger charge is -1.99. The quantitative estimate of drug-likeness (QED) is 0.395. The molecule has 0 unspecified atom stereocenters. The minimum Gasteiger partial charge on any atom is -0.369 e. The van der Waals surface area contributed by atoms with Crippen LogP contribution in [-0.2, 0) is 0 Å². The maximum absolute atomic E-state index is 5.13. The van der Waals surface area contributed by atoms with E-state index in [1.165, 1.54) is 12.8 Å². The second kappa shape index (κ2) is 3.49. The van der Waals surface area contributed by atoms with Gasteiger partial charge in [-0.25, -0.2) is 4.98 Å². The van der Waals surface area contributed by atoms with Crippen molar-refractivity contribution in [2.45, 2.75) is 18.9 Å². The smallest absolute Gasteiger partial charge is 0.211 e. The second-order valence-electron chi connectivity index (χ2n) is 3.23. The van der Waals surface area contributed by atoms with Gasteiger partial charge in [0.05, 0.1) is 24.4 Å². The predicted octanol–water partition coefficient (Wildman–Crippen LogP) is -0.175. The van der Waals surface area contributed by atoms with E-state index in [1.807, 2.05) is 0 Å². The largest absolute Gasteiger partial charge is 0.369 e.